The monoisotopic (exact) mass is 266 g/mol. The number of nitrogens with one attached hydrogen (secondary N) is 1. The van der Waals surface area contributed by atoms with E-state index in [1.807, 2.05) is 24.2 Å². The number of pyridine rings is 1. The molecule has 1 aromatic heterocycles. The van der Waals surface area contributed by atoms with Crippen LogP contribution in [-0.4, -0.2) is 36.5 Å². The summed E-state index contributed by atoms with van der Waals surface area (Å²) in [5, 5.41) is 3.67. The molecule has 0 spiro atoms. The van der Waals surface area contributed by atoms with E-state index in [1.165, 1.54) is 17.7 Å². The van der Waals surface area contributed by atoms with E-state index < -0.39 is 0 Å². The Morgan fingerprint density at radius 2 is 2.33 bits per heavy atom. The molecule has 1 saturated heterocycles. The number of thioether (sulfide) groups is 1. The summed E-state index contributed by atoms with van der Waals surface area (Å²) in [6.45, 7) is 5.15. The average molecular weight is 266 g/mol. The third-order valence-corrected chi connectivity index (χ3v) is 4.40. The molecule has 4 heteroatoms. The maximum Gasteiger partial charge on any atom is 0.0510 e. The Morgan fingerprint density at radius 1 is 1.50 bits per heavy atom. The fourth-order valence-electron chi connectivity index (χ4n) is 2.18. The van der Waals surface area contributed by atoms with E-state index in [0.29, 0.717) is 12.0 Å². The van der Waals surface area contributed by atoms with E-state index in [-0.39, 0.29) is 0 Å². The summed E-state index contributed by atoms with van der Waals surface area (Å²) >= 11 is 1.91. The Labute approximate surface area is 114 Å². The molecule has 1 aliphatic rings. The van der Waals surface area contributed by atoms with E-state index in [2.05, 4.69) is 29.4 Å². The third kappa shape index (κ3) is 4.26. The summed E-state index contributed by atoms with van der Waals surface area (Å²) in [6.07, 6.45) is 6.09. The van der Waals surface area contributed by atoms with Crippen molar-refractivity contribution in [2.45, 2.75) is 30.7 Å². The second kappa shape index (κ2) is 7.77. The molecule has 2 atom stereocenters. The highest BCUT2D eigenvalue weighted by molar-refractivity contribution is 7.99. The van der Waals surface area contributed by atoms with Gasteiger partial charge in [-0.05, 0) is 31.5 Å². The highest BCUT2D eigenvalue weighted by Crippen LogP contribution is 2.24. The Balaban J connectivity index is 1.84. The molecule has 1 aromatic rings. The molecule has 2 rings (SSSR count). The summed E-state index contributed by atoms with van der Waals surface area (Å²) in [5.41, 5.74) is 0. The molecular formula is C14H22N2OS. The van der Waals surface area contributed by atoms with Crippen LogP contribution in [0.5, 0.6) is 0 Å². The number of ether oxygens (including phenoxy) is 1. The third-order valence-electron chi connectivity index (χ3n) is 3.27. The molecule has 3 nitrogen and oxygen atoms in total. The van der Waals surface area contributed by atoms with Crippen molar-refractivity contribution in [3.05, 3.63) is 24.5 Å². The number of aromatic nitrogens is 1. The van der Waals surface area contributed by atoms with Crippen LogP contribution in [-0.2, 0) is 4.74 Å². The molecule has 100 valence electrons. The van der Waals surface area contributed by atoms with Gasteiger partial charge in [0.05, 0.1) is 6.61 Å². The van der Waals surface area contributed by atoms with E-state index >= 15 is 0 Å². The highest BCUT2D eigenvalue weighted by Gasteiger charge is 2.25. The van der Waals surface area contributed by atoms with Gasteiger partial charge in [0.1, 0.15) is 0 Å². The molecular weight excluding hydrogens is 244 g/mol. The van der Waals surface area contributed by atoms with Gasteiger partial charge in [-0.2, -0.15) is 0 Å². The lowest BCUT2D eigenvalue weighted by molar-refractivity contribution is 0.179. The molecule has 0 aliphatic carbocycles. The van der Waals surface area contributed by atoms with Crippen LogP contribution in [0.1, 0.15) is 19.8 Å². The number of rotatable bonds is 7. The van der Waals surface area contributed by atoms with Crippen LogP contribution in [0, 0.1) is 5.92 Å². The Hall–Kier alpha value is -0.580. The molecule has 0 bridgehead atoms. The molecule has 0 aromatic carbocycles. The van der Waals surface area contributed by atoms with Crippen LogP contribution >= 0.6 is 11.8 Å². The van der Waals surface area contributed by atoms with Crippen molar-refractivity contribution in [2.24, 2.45) is 5.92 Å². The molecule has 0 saturated carbocycles. The topological polar surface area (TPSA) is 34.2 Å². The molecule has 2 unspecified atom stereocenters. The van der Waals surface area contributed by atoms with Crippen molar-refractivity contribution < 1.29 is 4.74 Å². The van der Waals surface area contributed by atoms with Crippen molar-refractivity contribution in [1.82, 2.24) is 10.3 Å². The van der Waals surface area contributed by atoms with Gasteiger partial charge in [-0.15, -0.1) is 11.8 Å². The molecule has 0 amide bonds. The van der Waals surface area contributed by atoms with Crippen molar-refractivity contribution in [3.8, 4) is 0 Å². The fraction of sp³-hybridized carbons (Fsp3) is 0.643. The van der Waals surface area contributed by atoms with E-state index in [1.54, 1.807) is 0 Å². The summed E-state index contributed by atoms with van der Waals surface area (Å²) < 4.78 is 5.51. The zero-order valence-corrected chi connectivity index (χ0v) is 11.8. The quantitative estimate of drug-likeness (QED) is 0.769. The van der Waals surface area contributed by atoms with Crippen LogP contribution in [0.4, 0.5) is 0 Å². The standard InChI is InChI=1S/C14H22N2OS/c1-2-6-16-14(12-5-9-17-10-12)11-18-13-3-7-15-8-4-13/h3-4,7-8,12,14,16H,2,5-6,9-11H2,1H3. The molecule has 0 radical (unpaired) electrons. The zero-order chi connectivity index (χ0) is 12.6. The summed E-state index contributed by atoms with van der Waals surface area (Å²) in [7, 11) is 0. The van der Waals surface area contributed by atoms with Gasteiger partial charge < -0.3 is 10.1 Å². The first-order valence-electron chi connectivity index (χ1n) is 6.74. The predicted octanol–water partition coefficient (Wildman–Crippen LogP) is 2.58. The number of hydrogen-bond acceptors (Lipinski definition) is 4. The Kier molecular flexibility index (Phi) is 5.97. The first kappa shape index (κ1) is 13.8. The summed E-state index contributed by atoms with van der Waals surface area (Å²) in [5.74, 6) is 1.78. The van der Waals surface area contributed by atoms with Crippen molar-refractivity contribution >= 4 is 11.8 Å². The highest BCUT2D eigenvalue weighted by atomic mass is 32.2. The van der Waals surface area contributed by atoms with Crippen LogP contribution in [0.2, 0.25) is 0 Å². The molecule has 1 N–H and O–H groups in total. The normalized spacial score (nSPS) is 21.1. The average Bonchev–Trinajstić information content (AvgIpc) is 2.94. The van der Waals surface area contributed by atoms with Crippen molar-refractivity contribution in [1.29, 1.82) is 0 Å². The summed E-state index contributed by atoms with van der Waals surface area (Å²) in [6, 6.07) is 4.71. The van der Waals surface area contributed by atoms with Crippen molar-refractivity contribution in [3.63, 3.8) is 0 Å². The largest absolute Gasteiger partial charge is 0.381 e. The van der Waals surface area contributed by atoms with Gasteiger partial charge in [-0.25, -0.2) is 0 Å². The number of hydrogen-bond donors (Lipinski definition) is 1. The van der Waals surface area contributed by atoms with E-state index in [9.17, 15) is 0 Å². The van der Waals surface area contributed by atoms with E-state index in [0.717, 1.165) is 25.5 Å². The first-order valence-corrected chi connectivity index (χ1v) is 7.72. The maximum absolute atomic E-state index is 5.51. The lowest BCUT2D eigenvalue weighted by Crippen LogP contribution is -2.39. The van der Waals surface area contributed by atoms with Crippen LogP contribution < -0.4 is 5.32 Å². The number of nitrogens with zero attached hydrogens (tertiary/aromatic N) is 1. The minimum Gasteiger partial charge on any atom is -0.381 e. The van der Waals surface area contributed by atoms with Crippen molar-refractivity contribution in [2.75, 3.05) is 25.5 Å². The molecule has 1 aliphatic heterocycles. The van der Waals surface area contributed by atoms with Gasteiger partial charge in [0.2, 0.25) is 0 Å². The first-order chi connectivity index (χ1) is 8.90. The minimum absolute atomic E-state index is 0.561. The van der Waals surface area contributed by atoms with E-state index in [4.69, 9.17) is 4.74 Å². The SMILES string of the molecule is CCCNC(CSc1ccncc1)C1CCOC1. The lowest BCUT2D eigenvalue weighted by atomic mass is 10.0. The van der Waals surface area contributed by atoms with Gasteiger partial charge in [-0.3, -0.25) is 4.98 Å². The smallest absolute Gasteiger partial charge is 0.0510 e. The fourth-order valence-corrected chi connectivity index (χ4v) is 3.26. The van der Waals surface area contributed by atoms with Gasteiger partial charge in [0.25, 0.3) is 0 Å². The predicted molar refractivity (Wildman–Crippen MR) is 76.0 cm³/mol. The van der Waals surface area contributed by atoms with Gasteiger partial charge >= 0.3 is 0 Å². The summed E-state index contributed by atoms with van der Waals surface area (Å²) in [4.78, 5) is 5.35. The Bertz CT molecular complexity index is 328. The molecule has 18 heavy (non-hydrogen) atoms. The van der Waals surface area contributed by atoms with Gasteiger partial charge in [-0.1, -0.05) is 6.92 Å². The Morgan fingerprint density at radius 3 is 3.00 bits per heavy atom. The molecule has 2 heterocycles. The maximum atomic E-state index is 5.51. The second-order valence-electron chi connectivity index (χ2n) is 4.68. The second-order valence-corrected chi connectivity index (χ2v) is 5.77. The van der Waals surface area contributed by atoms with Crippen LogP contribution in [0.25, 0.3) is 0 Å². The molecule has 1 fully saturated rings. The van der Waals surface area contributed by atoms with Crippen LogP contribution in [0.15, 0.2) is 29.4 Å². The minimum atomic E-state index is 0.561. The van der Waals surface area contributed by atoms with Gasteiger partial charge in [0.15, 0.2) is 0 Å². The zero-order valence-electron chi connectivity index (χ0n) is 11.0. The van der Waals surface area contributed by atoms with Crippen LogP contribution in [0.3, 0.4) is 0 Å². The van der Waals surface area contributed by atoms with Gasteiger partial charge in [0, 0.05) is 41.6 Å². The lowest BCUT2D eigenvalue weighted by Gasteiger charge is -2.23.